The van der Waals surface area contributed by atoms with Gasteiger partial charge in [-0.1, -0.05) is 32.6 Å². The highest BCUT2D eigenvalue weighted by atomic mass is 32.2. The molecule has 102 valence electrons. The van der Waals surface area contributed by atoms with Gasteiger partial charge in [-0.3, -0.25) is 9.00 Å². The summed E-state index contributed by atoms with van der Waals surface area (Å²) < 4.78 is 16.0. The van der Waals surface area contributed by atoms with Crippen molar-refractivity contribution >= 4 is 16.8 Å². The van der Waals surface area contributed by atoms with Gasteiger partial charge in [-0.15, -0.1) is 0 Å². The molecule has 0 aromatic carbocycles. The number of rotatable bonds is 11. The van der Waals surface area contributed by atoms with E-state index in [4.69, 9.17) is 0 Å². The maximum atomic E-state index is 11.5. The number of hydrogen-bond donors (Lipinski definition) is 0. The number of hydrogen-bond acceptors (Lipinski definition) is 3. The van der Waals surface area contributed by atoms with E-state index in [0.717, 1.165) is 56.5 Å². The number of unbranched alkanes of at least 4 members (excludes halogenated alkanes) is 5. The lowest BCUT2D eigenvalue weighted by molar-refractivity contribution is -0.140. The van der Waals surface area contributed by atoms with E-state index in [2.05, 4.69) is 11.7 Å². The Hall–Kier alpha value is -0.380. The zero-order valence-electron chi connectivity index (χ0n) is 11.2. The van der Waals surface area contributed by atoms with Gasteiger partial charge in [0.25, 0.3) is 0 Å². The fourth-order valence-electron chi connectivity index (χ4n) is 1.57. The Kier molecular flexibility index (Phi) is 11.8. The van der Waals surface area contributed by atoms with Gasteiger partial charge in [-0.05, 0) is 19.3 Å². The second-order valence-corrected chi connectivity index (χ2v) is 5.99. The van der Waals surface area contributed by atoms with E-state index >= 15 is 0 Å². The van der Waals surface area contributed by atoms with Crippen LogP contribution >= 0.6 is 0 Å². The zero-order chi connectivity index (χ0) is 12.9. The second-order valence-electron chi connectivity index (χ2n) is 4.30. The second kappa shape index (κ2) is 12.1. The summed E-state index contributed by atoms with van der Waals surface area (Å²) >= 11 is 0. The van der Waals surface area contributed by atoms with Crippen molar-refractivity contribution < 1.29 is 13.7 Å². The normalized spacial score (nSPS) is 12.4. The van der Waals surface area contributed by atoms with Crippen molar-refractivity contribution in [2.75, 3.05) is 18.6 Å². The highest BCUT2D eigenvalue weighted by Gasteiger charge is 2.01. The quantitative estimate of drug-likeness (QED) is 0.424. The third-order valence-electron chi connectivity index (χ3n) is 2.71. The summed E-state index contributed by atoms with van der Waals surface area (Å²) in [7, 11) is 0.815. The third kappa shape index (κ3) is 11.9. The minimum absolute atomic E-state index is 0.120. The van der Waals surface area contributed by atoms with Crippen LogP contribution in [-0.2, 0) is 20.3 Å². The third-order valence-corrected chi connectivity index (χ3v) is 4.19. The van der Waals surface area contributed by atoms with Gasteiger partial charge in [0.15, 0.2) is 0 Å². The number of esters is 1. The topological polar surface area (TPSA) is 43.4 Å². The van der Waals surface area contributed by atoms with Crippen LogP contribution in [0.2, 0.25) is 0 Å². The molecule has 0 fully saturated rings. The van der Waals surface area contributed by atoms with E-state index < -0.39 is 10.8 Å². The van der Waals surface area contributed by atoms with Gasteiger partial charge in [0.05, 0.1) is 7.11 Å². The van der Waals surface area contributed by atoms with Crippen molar-refractivity contribution in [3.63, 3.8) is 0 Å². The predicted octanol–water partition coefficient (Wildman–Crippen LogP) is 3.05. The van der Waals surface area contributed by atoms with Gasteiger partial charge in [-0.25, -0.2) is 0 Å². The van der Waals surface area contributed by atoms with Crippen LogP contribution in [0.5, 0.6) is 0 Å². The van der Waals surface area contributed by atoms with Crippen LogP contribution in [0.3, 0.4) is 0 Å². The standard InChI is InChI=1S/C13H26O3S/c1-3-4-11-17(15)12-9-7-5-6-8-10-13(14)16-2/h3-12H2,1-2H3. The molecule has 0 aromatic heterocycles. The molecular formula is C13H26O3S. The van der Waals surface area contributed by atoms with E-state index in [0.29, 0.717) is 6.42 Å². The highest BCUT2D eigenvalue weighted by molar-refractivity contribution is 7.84. The van der Waals surface area contributed by atoms with E-state index in [1.807, 2.05) is 0 Å². The van der Waals surface area contributed by atoms with E-state index in [9.17, 15) is 9.00 Å². The molecule has 0 bridgehead atoms. The predicted molar refractivity (Wildman–Crippen MR) is 72.5 cm³/mol. The Morgan fingerprint density at radius 3 is 2.24 bits per heavy atom. The largest absolute Gasteiger partial charge is 0.469 e. The molecule has 1 unspecified atom stereocenters. The van der Waals surface area contributed by atoms with Gasteiger partial charge >= 0.3 is 5.97 Å². The van der Waals surface area contributed by atoms with E-state index in [1.54, 1.807) is 0 Å². The molecule has 0 heterocycles. The molecule has 0 amide bonds. The van der Waals surface area contributed by atoms with E-state index in [-0.39, 0.29) is 5.97 Å². The van der Waals surface area contributed by atoms with Crippen molar-refractivity contribution in [3.05, 3.63) is 0 Å². The number of carbonyl (C=O) groups excluding carboxylic acids is 1. The Labute approximate surface area is 108 Å². The Balaban J connectivity index is 3.18. The first-order chi connectivity index (χ1) is 8.20. The first-order valence-corrected chi connectivity index (χ1v) is 8.11. The molecule has 0 rings (SSSR count). The Morgan fingerprint density at radius 1 is 1.00 bits per heavy atom. The molecule has 0 aliphatic carbocycles. The van der Waals surface area contributed by atoms with Gasteiger partial charge in [0.2, 0.25) is 0 Å². The first kappa shape index (κ1) is 16.6. The molecule has 0 saturated carbocycles. The van der Waals surface area contributed by atoms with Crippen molar-refractivity contribution in [1.29, 1.82) is 0 Å². The summed E-state index contributed by atoms with van der Waals surface area (Å²) in [5.41, 5.74) is 0. The molecular weight excluding hydrogens is 236 g/mol. The van der Waals surface area contributed by atoms with Crippen LogP contribution in [0.15, 0.2) is 0 Å². The Bertz CT molecular complexity index is 217. The van der Waals surface area contributed by atoms with Crippen molar-refractivity contribution in [1.82, 2.24) is 0 Å². The lowest BCUT2D eigenvalue weighted by Gasteiger charge is -2.02. The lowest BCUT2D eigenvalue weighted by atomic mass is 10.1. The Morgan fingerprint density at radius 2 is 1.59 bits per heavy atom. The average Bonchev–Trinajstić information content (AvgIpc) is 2.34. The molecule has 0 spiro atoms. The molecule has 1 atom stereocenters. The lowest BCUT2D eigenvalue weighted by Crippen LogP contribution is -2.02. The summed E-state index contributed by atoms with van der Waals surface area (Å²) in [6.45, 7) is 2.12. The van der Waals surface area contributed by atoms with Crippen LogP contribution in [0.25, 0.3) is 0 Å². The molecule has 17 heavy (non-hydrogen) atoms. The van der Waals surface area contributed by atoms with Crippen LogP contribution in [-0.4, -0.2) is 28.8 Å². The monoisotopic (exact) mass is 262 g/mol. The minimum atomic E-state index is -0.610. The maximum absolute atomic E-state index is 11.5. The van der Waals surface area contributed by atoms with Crippen molar-refractivity contribution in [2.24, 2.45) is 0 Å². The fourth-order valence-corrected chi connectivity index (χ4v) is 2.91. The molecule has 3 nitrogen and oxygen atoms in total. The molecule has 0 N–H and O–H groups in total. The summed E-state index contributed by atoms with van der Waals surface area (Å²) in [5.74, 6) is 1.58. The molecule has 0 saturated heterocycles. The van der Waals surface area contributed by atoms with Crippen molar-refractivity contribution in [2.45, 2.75) is 58.3 Å². The smallest absolute Gasteiger partial charge is 0.305 e. The number of ether oxygens (including phenoxy) is 1. The van der Waals surface area contributed by atoms with Crippen LogP contribution in [0, 0.1) is 0 Å². The summed E-state index contributed by atoms with van der Waals surface area (Å²) in [6.07, 6.45) is 8.00. The zero-order valence-corrected chi connectivity index (χ0v) is 12.0. The fraction of sp³-hybridized carbons (Fsp3) is 0.923. The maximum Gasteiger partial charge on any atom is 0.305 e. The highest BCUT2D eigenvalue weighted by Crippen LogP contribution is 2.07. The summed E-state index contributed by atoms with van der Waals surface area (Å²) in [6, 6.07) is 0. The molecule has 0 aromatic rings. The van der Waals surface area contributed by atoms with Crippen LogP contribution < -0.4 is 0 Å². The van der Waals surface area contributed by atoms with Crippen LogP contribution in [0.1, 0.15) is 58.3 Å². The van der Waals surface area contributed by atoms with Gasteiger partial charge in [0.1, 0.15) is 0 Å². The average molecular weight is 262 g/mol. The van der Waals surface area contributed by atoms with E-state index in [1.165, 1.54) is 7.11 Å². The first-order valence-electron chi connectivity index (χ1n) is 6.62. The SMILES string of the molecule is CCCCS(=O)CCCCCCCC(=O)OC. The van der Waals surface area contributed by atoms with Gasteiger partial charge in [0, 0.05) is 28.7 Å². The molecule has 0 aliphatic rings. The molecule has 0 aliphatic heterocycles. The van der Waals surface area contributed by atoms with Gasteiger partial charge in [-0.2, -0.15) is 0 Å². The summed E-state index contributed by atoms with van der Waals surface area (Å²) in [4.78, 5) is 10.8. The molecule has 0 radical (unpaired) electrons. The number of methoxy groups -OCH3 is 1. The van der Waals surface area contributed by atoms with Crippen LogP contribution in [0.4, 0.5) is 0 Å². The van der Waals surface area contributed by atoms with Gasteiger partial charge < -0.3 is 4.74 Å². The minimum Gasteiger partial charge on any atom is -0.469 e. The summed E-state index contributed by atoms with van der Waals surface area (Å²) in [5, 5.41) is 0. The van der Waals surface area contributed by atoms with Crippen molar-refractivity contribution in [3.8, 4) is 0 Å². The number of carbonyl (C=O) groups is 1. The molecule has 4 heteroatoms.